The summed E-state index contributed by atoms with van der Waals surface area (Å²) in [7, 11) is -0.545. The van der Waals surface area contributed by atoms with Gasteiger partial charge in [0.2, 0.25) is 0 Å². The molecule has 0 aliphatic carbocycles. The first kappa shape index (κ1) is 23.4. The summed E-state index contributed by atoms with van der Waals surface area (Å²) in [6.45, 7) is 11.9. The summed E-state index contributed by atoms with van der Waals surface area (Å²) in [4.78, 5) is 0. The molecule has 0 aliphatic rings. The van der Waals surface area contributed by atoms with Gasteiger partial charge in [0, 0.05) is 0 Å². The molecular formula is C20H46OSi2. The Morgan fingerprint density at radius 1 is 0.696 bits per heavy atom. The molecule has 0 amide bonds. The van der Waals surface area contributed by atoms with Gasteiger partial charge in [0.15, 0.2) is 8.32 Å². The first-order valence-corrected chi connectivity index (χ1v) is 14.1. The minimum absolute atomic E-state index is 0.437. The maximum atomic E-state index is 5.94. The molecule has 0 heterocycles. The van der Waals surface area contributed by atoms with E-state index < -0.39 is 8.32 Å². The molecule has 0 bridgehead atoms. The van der Waals surface area contributed by atoms with Crippen LogP contribution in [0.2, 0.25) is 18.1 Å². The zero-order valence-electron chi connectivity index (χ0n) is 17.3. The van der Waals surface area contributed by atoms with Gasteiger partial charge in [0.1, 0.15) is 10.5 Å². The van der Waals surface area contributed by atoms with E-state index in [1.165, 1.54) is 89.9 Å². The molecule has 0 N–H and O–H groups in total. The molecule has 0 fully saturated rings. The molecule has 0 aromatic carbocycles. The Balaban J connectivity index is 3.37. The van der Waals surface area contributed by atoms with Crippen molar-refractivity contribution in [2.45, 2.75) is 129 Å². The van der Waals surface area contributed by atoms with E-state index in [4.69, 9.17) is 4.12 Å². The highest BCUT2D eigenvalue weighted by molar-refractivity contribution is 6.76. The first-order valence-electron chi connectivity index (χ1n) is 10.4. The van der Waals surface area contributed by atoms with Crippen LogP contribution in [0.4, 0.5) is 0 Å². The van der Waals surface area contributed by atoms with Crippen LogP contribution in [0.5, 0.6) is 0 Å². The molecular weight excluding hydrogens is 312 g/mol. The van der Waals surface area contributed by atoms with Crippen molar-refractivity contribution >= 4 is 18.8 Å². The average Bonchev–Trinajstić information content (AvgIpc) is 2.51. The fourth-order valence-electron chi connectivity index (χ4n) is 3.16. The van der Waals surface area contributed by atoms with Crippen molar-refractivity contribution in [3.05, 3.63) is 0 Å². The van der Waals surface area contributed by atoms with Gasteiger partial charge in [-0.3, -0.25) is 0 Å². The SMILES string of the molecule is CCCCCCCCCCCCCCCC(C)(C)[Si](C)(C)O[SiH3]. The Morgan fingerprint density at radius 2 is 1.04 bits per heavy atom. The monoisotopic (exact) mass is 358 g/mol. The van der Waals surface area contributed by atoms with Crippen LogP contribution in [0.25, 0.3) is 0 Å². The smallest absolute Gasteiger partial charge is 0.178 e. The first-order chi connectivity index (χ1) is 10.9. The molecule has 0 saturated carbocycles. The number of rotatable bonds is 16. The van der Waals surface area contributed by atoms with Gasteiger partial charge in [-0.05, 0) is 24.6 Å². The van der Waals surface area contributed by atoms with Gasteiger partial charge in [-0.2, -0.15) is 0 Å². The van der Waals surface area contributed by atoms with E-state index in [2.05, 4.69) is 33.9 Å². The predicted octanol–water partition coefficient (Wildman–Crippen LogP) is 6.75. The van der Waals surface area contributed by atoms with Crippen molar-refractivity contribution in [1.82, 2.24) is 0 Å². The Kier molecular flexibility index (Phi) is 13.9. The van der Waals surface area contributed by atoms with Crippen LogP contribution in [0.15, 0.2) is 0 Å². The van der Waals surface area contributed by atoms with Gasteiger partial charge in [-0.15, -0.1) is 0 Å². The summed E-state index contributed by atoms with van der Waals surface area (Å²) >= 11 is 0. The van der Waals surface area contributed by atoms with Crippen molar-refractivity contribution in [2.75, 3.05) is 0 Å². The minimum Gasteiger partial charge on any atom is -0.463 e. The molecule has 0 aromatic heterocycles. The topological polar surface area (TPSA) is 9.23 Å². The second-order valence-corrected chi connectivity index (χ2v) is 14.6. The molecule has 140 valence electrons. The van der Waals surface area contributed by atoms with Crippen molar-refractivity contribution in [3.8, 4) is 0 Å². The Bertz CT molecular complexity index is 264. The van der Waals surface area contributed by atoms with Crippen LogP contribution in [0, 0.1) is 0 Å². The second-order valence-electron chi connectivity index (χ2n) is 8.59. The Hall–Kier alpha value is 0.394. The lowest BCUT2D eigenvalue weighted by Gasteiger charge is -2.39. The van der Waals surface area contributed by atoms with Crippen LogP contribution in [0.1, 0.15) is 111 Å². The summed E-state index contributed by atoms with van der Waals surface area (Å²) in [6.07, 6.45) is 20.1. The third kappa shape index (κ3) is 11.6. The average molecular weight is 359 g/mol. The van der Waals surface area contributed by atoms with E-state index in [1.54, 1.807) is 0 Å². The molecule has 0 spiro atoms. The highest BCUT2D eigenvalue weighted by atomic mass is 28.4. The maximum absolute atomic E-state index is 5.94. The van der Waals surface area contributed by atoms with Crippen LogP contribution in [-0.4, -0.2) is 18.8 Å². The number of hydrogen-bond acceptors (Lipinski definition) is 1. The van der Waals surface area contributed by atoms with Gasteiger partial charge >= 0.3 is 0 Å². The van der Waals surface area contributed by atoms with Crippen molar-refractivity contribution in [1.29, 1.82) is 0 Å². The van der Waals surface area contributed by atoms with Gasteiger partial charge in [-0.25, -0.2) is 0 Å². The number of hydrogen-bond donors (Lipinski definition) is 0. The fourth-order valence-corrected chi connectivity index (χ4v) is 6.15. The molecule has 0 rings (SSSR count). The standard InChI is InChI=1S/C20H46OSi2/c1-6-7-8-9-10-11-12-13-14-15-16-17-18-19-20(2,3)23(4,5)21-22/h6-19H2,1-5,22H3. The number of unbranched alkanes of at least 4 members (excludes halogenated alkanes) is 12. The normalized spacial score (nSPS) is 12.9. The van der Waals surface area contributed by atoms with Crippen LogP contribution < -0.4 is 0 Å². The zero-order valence-corrected chi connectivity index (χ0v) is 20.3. The quantitative estimate of drug-likeness (QED) is 0.219. The van der Waals surface area contributed by atoms with Crippen LogP contribution >= 0.6 is 0 Å². The van der Waals surface area contributed by atoms with Crippen LogP contribution in [0.3, 0.4) is 0 Å². The van der Waals surface area contributed by atoms with Gasteiger partial charge in [0.05, 0.1) is 0 Å². The van der Waals surface area contributed by atoms with E-state index in [1.807, 2.05) is 0 Å². The minimum atomic E-state index is -1.45. The molecule has 0 radical (unpaired) electrons. The van der Waals surface area contributed by atoms with Crippen molar-refractivity contribution in [2.24, 2.45) is 0 Å². The van der Waals surface area contributed by atoms with Gasteiger partial charge in [-0.1, -0.05) is 104 Å². The van der Waals surface area contributed by atoms with E-state index in [-0.39, 0.29) is 0 Å². The molecule has 23 heavy (non-hydrogen) atoms. The van der Waals surface area contributed by atoms with Gasteiger partial charge in [0.25, 0.3) is 0 Å². The second kappa shape index (κ2) is 13.7. The molecule has 0 aromatic rings. The summed E-state index contributed by atoms with van der Waals surface area (Å²) in [6, 6.07) is 0. The van der Waals surface area contributed by atoms with Crippen molar-refractivity contribution in [3.63, 3.8) is 0 Å². The van der Waals surface area contributed by atoms with Crippen LogP contribution in [-0.2, 0) is 4.12 Å². The predicted molar refractivity (Wildman–Crippen MR) is 113 cm³/mol. The maximum Gasteiger partial charge on any atom is 0.178 e. The van der Waals surface area contributed by atoms with Crippen molar-refractivity contribution < 1.29 is 4.12 Å². The summed E-state index contributed by atoms with van der Waals surface area (Å²) in [5.41, 5.74) is 0. The third-order valence-electron chi connectivity index (χ3n) is 6.05. The Morgan fingerprint density at radius 3 is 1.39 bits per heavy atom. The fraction of sp³-hybridized carbons (Fsp3) is 1.00. The summed E-state index contributed by atoms with van der Waals surface area (Å²) in [5, 5.41) is 0.437. The highest BCUT2D eigenvalue weighted by Gasteiger charge is 2.38. The zero-order chi connectivity index (χ0) is 17.6. The lowest BCUT2D eigenvalue weighted by molar-refractivity contribution is 0.454. The highest BCUT2D eigenvalue weighted by Crippen LogP contribution is 2.42. The van der Waals surface area contributed by atoms with E-state index in [0.717, 1.165) is 10.5 Å². The van der Waals surface area contributed by atoms with Gasteiger partial charge < -0.3 is 4.12 Å². The third-order valence-corrected chi connectivity index (χ3v) is 13.6. The lowest BCUT2D eigenvalue weighted by Crippen LogP contribution is -2.41. The van der Waals surface area contributed by atoms with E-state index in [9.17, 15) is 0 Å². The molecule has 0 saturated heterocycles. The largest absolute Gasteiger partial charge is 0.463 e. The summed E-state index contributed by atoms with van der Waals surface area (Å²) in [5.74, 6) is 0. The molecule has 3 heteroatoms. The Labute approximate surface area is 152 Å². The molecule has 0 unspecified atom stereocenters. The summed E-state index contributed by atoms with van der Waals surface area (Å²) < 4.78 is 5.94. The lowest BCUT2D eigenvalue weighted by atomic mass is 10.0. The van der Waals surface area contributed by atoms with E-state index >= 15 is 0 Å². The molecule has 0 atom stereocenters. The molecule has 0 aliphatic heterocycles. The van der Waals surface area contributed by atoms with E-state index in [0.29, 0.717) is 5.04 Å². The molecule has 1 nitrogen and oxygen atoms in total.